The zero-order chi connectivity index (χ0) is 20.3. The zero-order valence-electron chi connectivity index (χ0n) is 16.0. The standard InChI is InChI=1S/C23H20N2O3/c1-15-4-6-18(7-5-15)14-28-19-10-8-17(9-11-19)12-20-16(2)21(13-24)23(27)25(3)22(20)26/h4-12H,14H2,1-3H3/b20-12+. The number of likely N-dealkylation sites (N-methyl/N-ethyl adjacent to an activating group) is 1. The molecule has 0 saturated heterocycles. The molecule has 5 heteroatoms. The number of ether oxygens (including phenoxy) is 1. The number of nitrogens with zero attached hydrogens (tertiary/aromatic N) is 2. The van der Waals surface area contributed by atoms with Gasteiger partial charge < -0.3 is 4.74 Å². The smallest absolute Gasteiger partial charge is 0.271 e. The number of rotatable bonds is 4. The molecule has 28 heavy (non-hydrogen) atoms. The Labute approximate surface area is 164 Å². The van der Waals surface area contributed by atoms with E-state index in [2.05, 4.69) is 0 Å². The van der Waals surface area contributed by atoms with Gasteiger partial charge in [0.25, 0.3) is 11.8 Å². The summed E-state index contributed by atoms with van der Waals surface area (Å²) in [6.45, 7) is 4.13. The van der Waals surface area contributed by atoms with E-state index in [1.165, 1.54) is 12.6 Å². The van der Waals surface area contributed by atoms with Crippen LogP contribution in [0.1, 0.15) is 23.6 Å². The highest BCUT2D eigenvalue weighted by Crippen LogP contribution is 2.26. The van der Waals surface area contributed by atoms with Gasteiger partial charge in [0.05, 0.1) is 0 Å². The van der Waals surface area contributed by atoms with Gasteiger partial charge in [-0.3, -0.25) is 14.5 Å². The molecule has 0 radical (unpaired) electrons. The minimum Gasteiger partial charge on any atom is -0.489 e. The Morgan fingerprint density at radius 1 is 1.00 bits per heavy atom. The average molecular weight is 372 g/mol. The van der Waals surface area contributed by atoms with Crippen molar-refractivity contribution in [1.82, 2.24) is 4.90 Å². The highest BCUT2D eigenvalue weighted by Gasteiger charge is 2.32. The predicted octanol–water partition coefficient (Wildman–Crippen LogP) is 3.80. The zero-order valence-corrected chi connectivity index (χ0v) is 16.0. The van der Waals surface area contributed by atoms with Gasteiger partial charge in [-0.1, -0.05) is 42.0 Å². The Balaban J connectivity index is 1.78. The Kier molecular flexibility index (Phi) is 5.42. The second-order valence-electron chi connectivity index (χ2n) is 6.68. The van der Waals surface area contributed by atoms with Crippen molar-refractivity contribution in [3.63, 3.8) is 0 Å². The van der Waals surface area contributed by atoms with Crippen LogP contribution in [-0.4, -0.2) is 23.8 Å². The molecule has 0 fully saturated rings. The van der Waals surface area contributed by atoms with Crippen molar-refractivity contribution in [2.45, 2.75) is 20.5 Å². The summed E-state index contributed by atoms with van der Waals surface area (Å²) in [5.41, 5.74) is 3.80. The molecule has 0 unspecified atom stereocenters. The first-order chi connectivity index (χ1) is 13.4. The van der Waals surface area contributed by atoms with Gasteiger partial charge in [0.15, 0.2) is 0 Å². The van der Waals surface area contributed by atoms with Crippen LogP contribution in [0.25, 0.3) is 6.08 Å². The molecule has 0 bridgehead atoms. The summed E-state index contributed by atoms with van der Waals surface area (Å²) in [4.78, 5) is 25.4. The van der Waals surface area contributed by atoms with Crippen LogP contribution in [0.4, 0.5) is 0 Å². The van der Waals surface area contributed by atoms with E-state index in [-0.39, 0.29) is 5.57 Å². The van der Waals surface area contributed by atoms with Crippen molar-refractivity contribution in [2.75, 3.05) is 7.05 Å². The third kappa shape index (κ3) is 3.86. The van der Waals surface area contributed by atoms with Gasteiger partial charge in [-0.15, -0.1) is 0 Å². The molecule has 1 heterocycles. The SMILES string of the molecule is CC1=C(C#N)C(=O)N(C)C(=O)/C1=C/c1ccc(OCc2ccc(C)cc2)cc1. The maximum atomic E-state index is 12.4. The molecule has 0 aliphatic carbocycles. The number of imide groups is 1. The van der Waals surface area contributed by atoms with Crippen LogP contribution in [0.3, 0.4) is 0 Å². The van der Waals surface area contributed by atoms with Crippen molar-refractivity contribution in [3.05, 3.63) is 81.9 Å². The molecule has 2 amide bonds. The first kappa shape index (κ1) is 19.1. The van der Waals surface area contributed by atoms with Crippen LogP contribution in [0.2, 0.25) is 0 Å². The van der Waals surface area contributed by atoms with Crippen LogP contribution in [0.5, 0.6) is 5.75 Å². The quantitative estimate of drug-likeness (QED) is 0.605. The minimum atomic E-state index is -0.568. The fourth-order valence-electron chi connectivity index (χ4n) is 2.88. The van der Waals surface area contributed by atoms with E-state index in [1.807, 2.05) is 61.5 Å². The predicted molar refractivity (Wildman–Crippen MR) is 106 cm³/mol. The molecule has 1 aliphatic heterocycles. The van der Waals surface area contributed by atoms with Gasteiger partial charge in [-0.05, 0) is 48.8 Å². The van der Waals surface area contributed by atoms with Gasteiger partial charge in [0.2, 0.25) is 0 Å². The summed E-state index contributed by atoms with van der Waals surface area (Å²) >= 11 is 0. The number of carbonyl (C=O) groups is 2. The summed E-state index contributed by atoms with van der Waals surface area (Å²) in [7, 11) is 1.38. The fraction of sp³-hybridized carbons (Fsp3) is 0.174. The second kappa shape index (κ2) is 7.93. The third-order valence-corrected chi connectivity index (χ3v) is 4.66. The number of carbonyl (C=O) groups excluding carboxylic acids is 2. The normalized spacial score (nSPS) is 15.8. The number of benzene rings is 2. The van der Waals surface area contributed by atoms with Crippen LogP contribution in [0.15, 0.2) is 65.3 Å². The monoisotopic (exact) mass is 372 g/mol. The lowest BCUT2D eigenvalue weighted by atomic mass is 9.94. The van der Waals surface area contributed by atoms with Gasteiger partial charge in [-0.2, -0.15) is 5.26 Å². The van der Waals surface area contributed by atoms with Crippen LogP contribution < -0.4 is 4.74 Å². The van der Waals surface area contributed by atoms with Crippen molar-refractivity contribution in [2.24, 2.45) is 0 Å². The topological polar surface area (TPSA) is 70.4 Å². The molecule has 0 aromatic heterocycles. The fourth-order valence-corrected chi connectivity index (χ4v) is 2.88. The number of amides is 2. The molecule has 0 N–H and O–H groups in total. The number of nitriles is 1. The van der Waals surface area contributed by atoms with Gasteiger partial charge in [-0.25, -0.2) is 0 Å². The lowest BCUT2D eigenvalue weighted by molar-refractivity contribution is -0.138. The van der Waals surface area contributed by atoms with E-state index < -0.39 is 11.8 Å². The summed E-state index contributed by atoms with van der Waals surface area (Å²) in [6, 6.07) is 17.4. The van der Waals surface area contributed by atoms with E-state index in [1.54, 1.807) is 13.0 Å². The molecule has 0 saturated carbocycles. The van der Waals surface area contributed by atoms with Crippen LogP contribution in [-0.2, 0) is 16.2 Å². The molecule has 1 aliphatic rings. The third-order valence-electron chi connectivity index (χ3n) is 4.66. The molecule has 0 atom stereocenters. The molecule has 2 aromatic carbocycles. The number of hydrogen-bond acceptors (Lipinski definition) is 4. The van der Waals surface area contributed by atoms with E-state index in [0.29, 0.717) is 17.8 Å². The van der Waals surface area contributed by atoms with E-state index in [0.717, 1.165) is 21.8 Å². The lowest BCUT2D eigenvalue weighted by Gasteiger charge is -2.23. The second-order valence-corrected chi connectivity index (χ2v) is 6.68. The van der Waals surface area contributed by atoms with Crippen LogP contribution in [0, 0.1) is 18.3 Å². The number of aryl methyl sites for hydroxylation is 1. The van der Waals surface area contributed by atoms with E-state index >= 15 is 0 Å². The molecule has 140 valence electrons. The van der Waals surface area contributed by atoms with Crippen molar-refractivity contribution >= 4 is 17.9 Å². The molecule has 3 rings (SSSR count). The van der Waals surface area contributed by atoms with Crippen molar-refractivity contribution in [3.8, 4) is 11.8 Å². The summed E-state index contributed by atoms with van der Waals surface area (Å²) in [6.07, 6.45) is 1.68. The molecule has 5 nitrogen and oxygen atoms in total. The summed E-state index contributed by atoms with van der Waals surface area (Å²) in [5, 5.41) is 9.21. The highest BCUT2D eigenvalue weighted by atomic mass is 16.5. The lowest BCUT2D eigenvalue weighted by Crippen LogP contribution is -2.39. The van der Waals surface area contributed by atoms with E-state index in [4.69, 9.17) is 4.74 Å². The first-order valence-corrected chi connectivity index (χ1v) is 8.84. The minimum absolute atomic E-state index is 0.00796. The molecular weight excluding hydrogens is 352 g/mol. The summed E-state index contributed by atoms with van der Waals surface area (Å²) in [5.74, 6) is -0.266. The van der Waals surface area contributed by atoms with Crippen molar-refractivity contribution in [1.29, 1.82) is 5.26 Å². The Morgan fingerprint density at radius 3 is 2.25 bits per heavy atom. The summed E-state index contributed by atoms with van der Waals surface area (Å²) < 4.78 is 5.79. The molecule has 0 spiro atoms. The van der Waals surface area contributed by atoms with Gasteiger partial charge >= 0.3 is 0 Å². The first-order valence-electron chi connectivity index (χ1n) is 8.84. The van der Waals surface area contributed by atoms with Gasteiger partial charge in [0.1, 0.15) is 24.0 Å². The Hall–Kier alpha value is -3.65. The van der Waals surface area contributed by atoms with Gasteiger partial charge in [0, 0.05) is 12.6 Å². The maximum Gasteiger partial charge on any atom is 0.271 e. The highest BCUT2D eigenvalue weighted by molar-refractivity contribution is 6.19. The van der Waals surface area contributed by atoms with Crippen LogP contribution >= 0.6 is 0 Å². The largest absolute Gasteiger partial charge is 0.489 e. The molecule has 2 aromatic rings. The maximum absolute atomic E-state index is 12.4. The van der Waals surface area contributed by atoms with Crippen molar-refractivity contribution < 1.29 is 14.3 Å². The number of hydrogen-bond donors (Lipinski definition) is 0. The Bertz CT molecular complexity index is 1020. The average Bonchev–Trinajstić information content (AvgIpc) is 2.70. The Morgan fingerprint density at radius 2 is 1.64 bits per heavy atom. The van der Waals surface area contributed by atoms with E-state index in [9.17, 15) is 14.9 Å². The molecular formula is C23H20N2O3.